The molecule has 0 saturated carbocycles. The lowest BCUT2D eigenvalue weighted by molar-refractivity contribution is -0.139. The fourth-order valence-corrected chi connectivity index (χ4v) is 0.951. The minimum atomic E-state index is -0.493. The van der Waals surface area contributed by atoms with Gasteiger partial charge in [-0.3, -0.25) is 9.59 Å². The maximum Gasteiger partial charge on any atom is 0.310 e. The van der Waals surface area contributed by atoms with Crippen molar-refractivity contribution in [2.75, 3.05) is 7.11 Å². The van der Waals surface area contributed by atoms with Gasteiger partial charge in [0.1, 0.15) is 5.15 Å². The van der Waals surface area contributed by atoms with Crippen LogP contribution >= 0.6 is 11.6 Å². The molecule has 1 rings (SSSR count). The molecule has 1 aromatic rings. The van der Waals surface area contributed by atoms with E-state index in [1.807, 2.05) is 0 Å². The van der Waals surface area contributed by atoms with Gasteiger partial charge in [-0.25, -0.2) is 5.10 Å². The Bertz CT molecular complexity index is 374. The molecule has 0 spiro atoms. The van der Waals surface area contributed by atoms with E-state index < -0.39 is 11.5 Å². The number of nitrogens with zero attached hydrogens (tertiary/aromatic N) is 1. The van der Waals surface area contributed by atoms with Crippen LogP contribution in [0.4, 0.5) is 0 Å². The number of hydrogen-bond acceptors (Lipinski definition) is 4. The van der Waals surface area contributed by atoms with Crippen molar-refractivity contribution in [1.82, 2.24) is 10.2 Å². The van der Waals surface area contributed by atoms with Gasteiger partial charge in [0.15, 0.2) is 0 Å². The van der Waals surface area contributed by atoms with Crippen LogP contribution in [0.1, 0.15) is 5.56 Å². The molecule has 1 heterocycles. The Morgan fingerprint density at radius 2 is 2.46 bits per heavy atom. The summed E-state index contributed by atoms with van der Waals surface area (Å²) in [6.07, 6.45) is -0.103. The van der Waals surface area contributed by atoms with Gasteiger partial charge in [-0.15, -0.1) is 0 Å². The smallest absolute Gasteiger partial charge is 0.310 e. The largest absolute Gasteiger partial charge is 0.469 e. The zero-order chi connectivity index (χ0) is 9.84. The summed E-state index contributed by atoms with van der Waals surface area (Å²) >= 11 is 5.51. The van der Waals surface area contributed by atoms with Crippen molar-refractivity contribution in [3.8, 4) is 0 Å². The summed E-state index contributed by atoms with van der Waals surface area (Å²) < 4.78 is 4.39. The predicted octanol–water partition coefficient (Wildman–Crippen LogP) is 0.139. The van der Waals surface area contributed by atoms with Crippen molar-refractivity contribution in [2.45, 2.75) is 6.42 Å². The second-order valence-corrected chi connectivity index (χ2v) is 2.69. The van der Waals surface area contributed by atoms with Crippen LogP contribution in [0.25, 0.3) is 0 Å². The van der Waals surface area contributed by atoms with E-state index in [9.17, 15) is 9.59 Å². The number of carbonyl (C=O) groups is 1. The third-order valence-electron chi connectivity index (χ3n) is 1.41. The molecule has 0 fully saturated rings. The molecule has 0 bridgehead atoms. The molecule has 1 N–H and O–H groups in total. The van der Waals surface area contributed by atoms with Gasteiger partial charge in [-0.05, 0) is 6.07 Å². The molecule has 13 heavy (non-hydrogen) atoms. The SMILES string of the molecule is COC(=O)Cc1cc(Cl)n[nH]c1=O. The van der Waals surface area contributed by atoms with Crippen molar-refractivity contribution >= 4 is 17.6 Å². The molecule has 70 valence electrons. The Labute approximate surface area is 78.7 Å². The number of H-pyrrole nitrogens is 1. The number of nitrogens with one attached hydrogen (secondary N) is 1. The average molecular weight is 203 g/mol. The fourth-order valence-electron chi connectivity index (χ4n) is 0.777. The van der Waals surface area contributed by atoms with Gasteiger partial charge in [0, 0.05) is 5.56 Å². The Morgan fingerprint density at radius 3 is 3.08 bits per heavy atom. The van der Waals surface area contributed by atoms with Crippen LogP contribution in [-0.2, 0) is 16.0 Å². The Hall–Kier alpha value is -1.36. The van der Waals surface area contributed by atoms with Crippen LogP contribution in [0.5, 0.6) is 0 Å². The molecular weight excluding hydrogens is 196 g/mol. The van der Waals surface area contributed by atoms with Gasteiger partial charge in [-0.2, -0.15) is 5.10 Å². The summed E-state index contributed by atoms with van der Waals surface area (Å²) in [5.74, 6) is -0.493. The number of aromatic amines is 1. The topological polar surface area (TPSA) is 72.0 Å². The summed E-state index contributed by atoms with van der Waals surface area (Å²) in [6, 6.07) is 1.33. The third kappa shape index (κ3) is 2.55. The van der Waals surface area contributed by atoms with Crippen molar-refractivity contribution in [3.05, 3.63) is 27.1 Å². The highest BCUT2D eigenvalue weighted by Gasteiger charge is 2.07. The molecule has 6 heteroatoms. The van der Waals surface area contributed by atoms with Gasteiger partial charge >= 0.3 is 5.97 Å². The molecule has 0 unspecified atom stereocenters. The molecule has 0 radical (unpaired) electrons. The van der Waals surface area contributed by atoms with E-state index in [4.69, 9.17) is 11.6 Å². The zero-order valence-corrected chi connectivity index (χ0v) is 7.59. The lowest BCUT2D eigenvalue weighted by atomic mass is 10.2. The van der Waals surface area contributed by atoms with E-state index in [1.54, 1.807) is 0 Å². The number of rotatable bonds is 2. The zero-order valence-electron chi connectivity index (χ0n) is 6.83. The van der Waals surface area contributed by atoms with E-state index in [-0.39, 0.29) is 17.1 Å². The van der Waals surface area contributed by atoms with E-state index in [1.165, 1.54) is 13.2 Å². The standard InChI is InChI=1S/C7H7ClN2O3/c1-13-6(11)3-4-2-5(8)9-10-7(4)12/h2H,3H2,1H3,(H,10,12). The molecule has 0 aliphatic rings. The van der Waals surface area contributed by atoms with E-state index in [0.717, 1.165) is 0 Å². The summed E-state index contributed by atoms with van der Waals surface area (Å²) in [7, 11) is 1.25. The van der Waals surface area contributed by atoms with Gasteiger partial charge in [-0.1, -0.05) is 11.6 Å². The highest BCUT2D eigenvalue weighted by atomic mass is 35.5. The summed E-state index contributed by atoms with van der Waals surface area (Å²) in [5, 5.41) is 5.74. The number of esters is 1. The lowest BCUT2D eigenvalue weighted by Gasteiger charge is -1.98. The van der Waals surface area contributed by atoms with Crippen molar-refractivity contribution < 1.29 is 9.53 Å². The molecule has 0 aliphatic carbocycles. The van der Waals surface area contributed by atoms with E-state index in [0.29, 0.717) is 0 Å². The summed E-state index contributed by atoms with van der Waals surface area (Å²) in [4.78, 5) is 21.8. The van der Waals surface area contributed by atoms with Crippen LogP contribution in [0.2, 0.25) is 5.15 Å². The van der Waals surface area contributed by atoms with Crippen LogP contribution in [0.3, 0.4) is 0 Å². The van der Waals surface area contributed by atoms with Crippen molar-refractivity contribution in [2.24, 2.45) is 0 Å². The highest BCUT2D eigenvalue weighted by Crippen LogP contribution is 2.02. The first kappa shape index (κ1) is 9.73. The maximum absolute atomic E-state index is 11.0. The first-order valence-electron chi connectivity index (χ1n) is 3.44. The molecule has 0 aromatic carbocycles. The number of halogens is 1. The normalized spacial score (nSPS) is 9.69. The molecule has 1 aromatic heterocycles. The molecule has 0 atom stereocenters. The fraction of sp³-hybridized carbons (Fsp3) is 0.286. The van der Waals surface area contributed by atoms with Crippen LogP contribution in [0, 0.1) is 0 Å². The predicted molar refractivity (Wildman–Crippen MR) is 45.6 cm³/mol. The van der Waals surface area contributed by atoms with Gasteiger partial charge in [0.25, 0.3) is 5.56 Å². The molecule has 0 amide bonds. The Morgan fingerprint density at radius 1 is 1.77 bits per heavy atom. The number of hydrogen-bond donors (Lipinski definition) is 1. The highest BCUT2D eigenvalue weighted by molar-refractivity contribution is 6.29. The average Bonchev–Trinajstić information content (AvgIpc) is 2.11. The second-order valence-electron chi connectivity index (χ2n) is 2.30. The van der Waals surface area contributed by atoms with Gasteiger partial charge < -0.3 is 4.74 Å². The Kier molecular flexibility index (Phi) is 3.02. The van der Waals surface area contributed by atoms with Gasteiger partial charge in [0.2, 0.25) is 0 Å². The molecule has 5 nitrogen and oxygen atoms in total. The van der Waals surface area contributed by atoms with Crippen molar-refractivity contribution in [1.29, 1.82) is 0 Å². The van der Waals surface area contributed by atoms with Crippen LogP contribution in [0.15, 0.2) is 10.9 Å². The Balaban J connectivity index is 2.94. The van der Waals surface area contributed by atoms with Crippen LogP contribution < -0.4 is 5.56 Å². The number of methoxy groups -OCH3 is 1. The van der Waals surface area contributed by atoms with Crippen LogP contribution in [-0.4, -0.2) is 23.3 Å². The lowest BCUT2D eigenvalue weighted by Crippen LogP contribution is -2.18. The van der Waals surface area contributed by atoms with Gasteiger partial charge in [0.05, 0.1) is 13.5 Å². The maximum atomic E-state index is 11.0. The quantitative estimate of drug-likeness (QED) is 0.693. The van der Waals surface area contributed by atoms with Crippen molar-refractivity contribution in [3.63, 3.8) is 0 Å². The minimum absolute atomic E-state index is 0.103. The van der Waals surface area contributed by atoms with E-state index >= 15 is 0 Å². The summed E-state index contributed by atoms with van der Waals surface area (Å²) in [6.45, 7) is 0. The number of carbonyl (C=O) groups excluding carboxylic acids is 1. The van der Waals surface area contributed by atoms with E-state index in [2.05, 4.69) is 14.9 Å². The first-order valence-corrected chi connectivity index (χ1v) is 3.82. The minimum Gasteiger partial charge on any atom is -0.469 e. The summed E-state index contributed by atoms with van der Waals surface area (Å²) in [5.41, 5.74) is -0.193. The molecular formula is C7H7ClN2O3. The number of ether oxygens (including phenoxy) is 1. The first-order chi connectivity index (χ1) is 6.13. The third-order valence-corrected chi connectivity index (χ3v) is 1.61. The molecule has 0 aliphatic heterocycles. The molecule has 0 saturated heterocycles. The number of aromatic nitrogens is 2. The monoisotopic (exact) mass is 202 g/mol. The second kappa shape index (κ2) is 4.04.